The fourth-order valence-electron chi connectivity index (χ4n) is 13.7. The Kier molecular flexibility index (Phi) is 27.6. The second kappa shape index (κ2) is 37.7. The first kappa shape index (κ1) is 74.8. The molecule has 0 saturated carbocycles. The Morgan fingerprint density at radius 1 is 0.461 bits per heavy atom. The van der Waals surface area contributed by atoms with Gasteiger partial charge in [0.05, 0.1) is 0 Å². The molecule has 0 unspecified atom stereocenters. The Labute approximate surface area is 606 Å². The van der Waals surface area contributed by atoms with Crippen molar-refractivity contribution in [3.8, 4) is 34.2 Å². The SMILES string of the molecule is CCc1cc(NC(=O)NC[C@@H]2CCCN(CCc3ccccc3)C2)cc(-c2nnnn2C)c1.CCc1cc(NC(=O)NC[C@H]2CN(CCc3ccc(F)cc3)CC[C@@H]2C(C)C)cc(-c2nnnn2C)c1.Cn1nnnc1-c1cccc(NC(=O)NCC2CCN(CCc3ccc(F)cc3)CC2)c1.[HH].[HH].[HH].[HH].[HH].[HH]. The van der Waals surface area contributed by atoms with Crippen molar-refractivity contribution < 1.29 is 31.7 Å². The van der Waals surface area contributed by atoms with Crippen LogP contribution in [-0.4, -0.2) is 172 Å². The van der Waals surface area contributed by atoms with E-state index < -0.39 is 0 Å². The maximum Gasteiger partial charge on any atom is 0.319 e. The van der Waals surface area contributed by atoms with Crippen LogP contribution in [0.15, 0.2) is 140 Å². The number of hydrogen-bond donors (Lipinski definition) is 6. The van der Waals surface area contributed by atoms with E-state index in [1.807, 2.05) is 78.9 Å². The molecule has 12 rings (SSSR count). The first-order valence-electron chi connectivity index (χ1n) is 35.9. The smallest absolute Gasteiger partial charge is 0.319 e. The van der Waals surface area contributed by atoms with Crippen LogP contribution in [-0.2, 0) is 53.2 Å². The van der Waals surface area contributed by atoms with E-state index >= 15 is 0 Å². The van der Waals surface area contributed by atoms with E-state index in [0.29, 0.717) is 72.4 Å². The van der Waals surface area contributed by atoms with E-state index in [0.717, 1.165) is 167 Å². The lowest BCUT2D eigenvalue weighted by Crippen LogP contribution is -2.47. The largest absolute Gasteiger partial charge is 0.338 e. The number of aryl methyl sites for hydroxylation is 5. The summed E-state index contributed by atoms with van der Waals surface area (Å²) in [6.45, 7) is 19.8. The number of urea groups is 3. The van der Waals surface area contributed by atoms with E-state index in [9.17, 15) is 23.2 Å². The minimum Gasteiger partial charge on any atom is -0.338 e. The summed E-state index contributed by atoms with van der Waals surface area (Å²) in [5.74, 6) is 4.00. The zero-order valence-corrected chi connectivity index (χ0v) is 59.9. The molecule has 0 aliphatic carbocycles. The van der Waals surface area contributed by atoms with Crippen LogP contribution in [0.4, 0.5) is 40.2 Å². The van der Waals surface area contributed by atoms with Crippen molar-refractivity contribution in [1.29, 1.82) is 0 Å². The number of amides is 6. The van der Waals surface area contributed by atoms with E-state index in [1.54, 1.807) is 35.2 Å². The minimum atomic E-state index is -0.211. The van der Waals surface area contributed by atoms with E-state index in [2.05, 4.69) is 157 Å². The quantitative estimate of drug-likeness (QED) is 0.0328. The predicted molar refractivity (Wildman–Crippen MR) is 407 cm³/mol. The summed E-state index contributed by atoms with van der Waals surface area (Å²) in [5, 5.41) is 53.1. The summed E-state index contributed by atoms with van der Waals surface area (Å²) >= 11 is 0. The number of nitrogens with zero attached hydrogens (tertiary/aromatic N) is 15. The first-order valence-corrected chi connectivity index (χ1v) is 35.9. The van der Waals surface area contributed by atoms with Gasteiger partial charge >= 0.3 is 18.1 Å². The molecule has 6 N–H and O–H groups in total. The Bertz CT molecular complexity index is 4120. The number of rotatable bonds is 24. The third kappa shape index (κ3) is 22.8. The Hall–Kier alpha value is -9.92. The molecule has 0 bridgehead atoms. The molecule has 552 valence electrons. The van der Waals surface area contributed by atoms with Crippen LogP contribution in [0, 0.1) is 41.2 Å². The number of likely N-dealkylation sites (tertiary alicyclic amines) is 3. The second-order valence-electron chi connectivity index (χ2n) is 27.3. The number of nitrogens with one attached hydrogen (secondary N) is 6. The van der Waals surface area contributed by atoms with Crippen LogP contribution in [0.1, 0.15) is 96.2 Å². The molecule has 102 heavy (non-hydrogen) atoms. The molecule has 6 amide bonds. The van der Waals surface area contributed by atoms with Gasteiger partial charge in [-0.2, -0.15) is 0 Å². The lowest BCUT2D eigenvalue weighted by Gasteiger charge is -2.40. The minimum absolute atomic E-state index is 0. The maximum atomic E-state index is 13.2. The Morgan fingerprint density at radius 3 is 1.41 bits per heavy atom. The van der Waals surface area contributed by atoms with Gasteiger partial charge in [0.2, 0.25) is 0 Å². The predicted octanol–water partition coefficient (Wildman–Crippen LogP) is 12.6. The van der Waals surface area contributed by atoms with Crippen molar-refractivity contribution in [2.24, 2.45) is 50.7 Å². The van der Waals surface area contributed by atoms with Crippen LogP contribution >= 0.6 is 0 Å². The molecule has 0 spiro atoms. The molecule has 3 saturated heterocycles. The van der Waals surface area contributed by atoms with Gasteiger partial charge in [0.15, 0.2) is 17.5 Å². The first-order chi connectivity index (χ1) is 49.5. The molecule has 3 aliphatic rings. The zero-order chi connectivity index (χ0) is 71.7. The van der Waals surface area contributed by atoms with Gasteiger partial charge in [-0.1, -0.05) is 94.4 Å². The van der Waals surface area contributed by atoms with Gasteiger partial charge in [-0.05, 0) is 252 Å². The normalized spacial score (nSPS) is 16.6. The molecule has 3 atom stereocenters. The molecule has 3 fully saturated rings. The third-order valence-corrected chi connectivity index (χ3v) is 19.6. The fourth-order valence-corrected chi connectivity index (χ4v) is 13.7. The molecular formula is C76H111F2N21O3. The van der Waals surface area contributed by atoms with Gasteiger partial charge in [-0.25, -0.2) is 37.2 Å². The van der Waals surface area contributed by atoms with Gasteiger partial charge < -0.3 is 46.6 Å². The monoisotopic (exact) mass is 1400 g/mol. The summed E-state index contributed by atoms with van der Waals surface area (Å²) in [7, 11) is 5.38. The highest BCUT2D eigenvalue weighted by Crippen LogP contribution is 2.31. The van der Waals surface area contributed by atoms with Gasteiger partial charge in [0.1, 0.15) is 11.6 Å². The molecule has 6 aromatic carbocycles. The number of piperidine rings is 3. The van der Waals surface area contributed by atoms with Crippen LogP contribution in [0.2, 0.25) is 0 Å². The van der Waals surface area contributed by atoms with Gasteiger partial charge in [0, 0.05) is 116 Å². The van der Waals surface area contributed by atoms with Gasteiger partial charge in [-0.3, -0.25) is 0 Å². The summed E-state index contributed by atoms with van der Waals surface area (Å²) in [6.07, 6.45) is 10.1. The topological polar surface area (TPSA) is 264 Å². The molecule has 0 radical (unpaired) electrons. The molecule has 26 heteroatoms. The lowest BCUT2D eigenvalue weighted by molar-refractivity contribution is 0.0931. The molecule has 9 aromatic rings. The van der Waals surface area contributed by atoms with Crippen molar-refractivity contribution in [2.75, 3.05) is 94.5 Å². The van der Waals surface area contributed by atoms with Crippen LogP contribution in [0.25, 0.3) is 34.2 Å². The average Bonchev–Trinajstić information content (AvgIpc) is 1.15. The van der Waals surface area contributed by atoms with Gasteiger partial charge in [-0.15, -0.1) is 15.3 Å². The van der Waals surface area contributed by atoms with Crippen molar-refractivity contribution in [3.05, 3.63) is 179 Å². The van der Waals surface area contributed by atoms with Crippen LogP contribution in [0.5, 0.6) is 0 Å². The Balaban J connectivity index is 0.000000334. The van der Waals surface area contributed by atoms with E-state index in [1.165, 1.54) is 36.2 Å². The fraction of sp³-hybridized carbons (Fsp3) is 0.447. The standard InChI is InChI=1S/C28H38FN7O.C25H33N7O.C23H28FN7O.6H2/c1-5-20-14-22(27-32-33-34-35(27)4)16-25(15-20)31-28(37)30-17-23-18-36(13-11-26(23)19(2)3)12-10-21-6-8-24(29)9-7-21;1-3-19-14-22(24-28-29-30-31(24)2)16-23(15-19)27-25(33)26-17-21-10-7-12-32(18-21)13-11-20-8-5-4-6-9-20;1-30-22(27-28-29-30)19-3-2-4-21(15-19)26-23(32)25-16-18-10-13-31(14-11-18)12-9-17-5-7-20(24)8-6-17;;;;;;/h6-9,14-16,19,23,26H,5,10-13,17-18H2,1-4H3,(H2,30,31,37);4-6,8-9,14-16,21H,3,7,10-13,17-18H2,1-2H3,(H2,26,27,33);2-8,15,18H,9-14,16H2,1H3,(H2,25,26,32);6*1H/t23-,26+;21-;;;;;;;/m00......./s1. The summed E-state index contributed by atoms with van der Waals surface area (Å²) in [5.41, 5.74) is 10.7. The number of benzene rings is 6. The zero-order valence-electron chi connectivity index (χ0n) is 59.9. The van der Waals surface area contributed by atoms with Crippen LogP contribution in [0.3, 0.4) is 0 Å². The lowest BCUT2D eigenvalue weighted by atomic mass is 9.78. The van der Waals surface area contributed by atoms with Crippen LogP contribution < -0.4 is 31.9 Å². The molecule has 3 aliphatic heterocycles. The summed E-state index contributed by atoms with van der Waals surface area (Å²) in [4.78, 5) is 45.3. The maximum absolute atomic E-state index is 13.2. The van der Waals surface area contributed by atoms with Crippen molar-refractivity contribution in [3.63, 3.8) is 0 Å². The summed E-state index contributed by atoms with van der Waals surface area (Å²) < 4.78 is 31.1. The van der Waals surface area contributed by atoms with Crippen molar-refractivity contribution in [1.82, 2.24) is 91.3 Å². The number of hydrogen-bond acceptors (Lipinski definition) is 15. The van der Waals surface area contributed by atoms with E-state index in [4.69, 9.17) is 0 Å². The average molecular weight is 1400 g/mol. The highest BCUT2D eigenvalue weighted by atomic mass is 19.1. The second-order valence-corrected chi connectivity index (χ2v) is 27.3. The highest BCUT2D eigenvalue weighted by molar-refractivity contribution is 5.91. The number of aromatic nitrogens is 12. The third-order valence-electron chi connectivity index (χ3n) is 19.6. The number of tetrazole rings is 3. The molecule has 3 aromatic heterocycles. The van der Waals surface area contributed by atoms with Crippen molar-refractivity contribution >= 4 is 35.2 Å². The van der Waals surface area contributed by atoms with Gasteiger partial charge in [0.25, 0.3) is 0 Å². The molecule has 6 heterocycles. The number of anilines is 3. The number of carbonyl (C=O) groups excluding carboxylic acids is 3. The Morgan fingerprint density at radius 2 is 0.912 bits per heavy atom. The summed E-state index contributed by atoms with van der Waals surface area (Å²) in [6, 6.07) is 42.9. The number of carbonyl (C=O) groups is 3. The number of halogens is 2. The van der Waals surface area contributed by atoms with Crippen molar-refractivity contribution in [2.45, 2.75) is 91.9 Å². The molecular weight excluding hydrogens is 1290 g/mol. The highest BCUT2D eigenvalue weighted by Gasteiger charge is 2.32. The molecule has 24 nitrogen and oxygen atoms in total. The van der Waals surface area contributed by atoms with E-state index in [-0.39, 0.29) is 38.3 Å².